The number of carbonyl (C=O) groups is 2. The van der Waals surface area contributed by atoms with E-state index in [2.05, 4.69) is 10.6 Å². The number of hydrogen-bond donors (Lipinski definition) is 2. The standard InChI is InChI=1S/C24H23N3O4/c1-17-7-10-19(11-8-17)26-24(29)27(20-5-3-2-4-6-20)14-13-25-23(28)18-9-12-21-22(15-18)31-16-30-21/h2-12,15H,13-14,16H2,1H3,(H,25,28)(H,26,29). The van der Waals surface area contributed by atoms with Gasteiger partial charge >= 0.3 is 6.03 Å². The second-order valence-electron chi connectivity index (χ2n) is 7.11. The van der Waals surface area contributed by atoms with Crippen LogP contribution in [0.3, 0.4) is 0 Å². The van der Waals surface area contributed by atoms with Crippen molar-refractivity contribution in [1.82, 2.24) is 5.32 Å². The molecule has 3 aromatic rings. The third-order valence-electron chi connectivity index (χ3n) is 4.87. The quantitative estimate of drug-likeness (QED) is 0.630. The van der Waals surface area contributed by atoms with Crippen LogP contribution in [-0.2, 0) is 0 Å². The summed E-state index contributed by atoms with van der Waals surface area (Å²) in [6.45, 7) is 2.73. The van der Waals surface area contributed by atoms with Crippen molar-refractivity contribution in [3.8, 4) is 11.5 Å². The van der Waals surface area contributed by atoms with E-state index in [-0.39, 0.29) is 25.3 Å². The second kappa shape index (κ2) is 9.21. The van der Waals surface area contributed by atoms with Crippen molar-refractivity contribution in [3.05, 3.63) is 83.9 Å². The fourth-order valence-corrected chi connectivity index (χ4v) is 3.20. The topological polar surface area (TPSA) is 79.9 Å². The average Bonchev–Trinajstić information content (AvgIpc) is 3.26. The zero-order chi connectivity index (χ0) is 21.6. The summed E-state index contributed by atoms with van der Waals surface area (Å²) < 4.78 is 10.6. The molecule has 2 N–H and O–H groups in total. The lowest BCUT2D eigenvalue weighted by Crippen LogP contribution is -2.41. The van der Waals surface area contributed by atoms with E-state index >= 15 is 0 Å². The number of urea groups is 1. The molecular weight excluding hydrogens is 394 g/mol. The van der Waals surface area contributed by atoms with Crippen LogP contribution in [0.2, 0.25) is 0 Å². The van der Waals surface area contributed by atoms with Crippen molar-refractivity contribution in [3.63, 3.8) is 0 Å². The number of para-hydroxylation sites is 1. The first kappa shape index (κ1) is 20.3. The molecule has 7 nitrogen and oxygen atoms in total. The summed E-state index contributed by atoms with van der Waals surface area (Å²) >= 11 is 0. The molecule has 0 atom stereocenters. The lowest BCUT2D eigenvalue weighted by atomic mass is 10.2. The van der Waals surface area contributed by atoms with Crippen LogP contribution in [0.4, 0.5) is 16.2 Å². The first-order valence-electron chi connectivity index (χ1n) is 9.98. The van der Waals surface area contributed by atoms with E-state index < -0.39 is 0 Å². The Labute approximate surface area is 180 Å². The minimum Gasteiger partial charge on any atom is -0.454 e. The minimum atomic E-state index is -0.271. The fraction of sp³-hybridized carbons (Fsp3) is 0.167. The molecular formula is C24H23N3O4. The van der Waals surface area contributed by atoms with Gasteiger partial charge < -0.3 is 20.1 Å². The first-order chi connectivity index (χ1) is 15.1. The maximum Gasteiger partial charge on any atom is 0.326 e. The molecule has 158 valence electrons. The lowest BCUT2D eigenvalue weighted by molar-refractivity contribution is 0.0954. The van der Waals surface area contributed by atoms with E-state index in [4.69, 9.17) is 9.47 Å². The Bertz CT molecular complexity index is 1070. The van der Waals surface area contributed by atoms with E-state index in [1.165, 1.54) is 0 Å². The molecule has 3 amide bonds. The van der Waals surface area contributed by atoms with E-state index in [0.717, 1.165) is 11.3 Å². The van der Waals surface area contributed by atoms with Crippen LogP contribution < -0.4 is 25.0 Å². The molecule has 0 saturated heterocycles. The molecule has 0 unspecified atom stereocenters. The highest BCUT2D eigenvalue weighted by Crippen LogP contribution is 2.32. The number of fused-ring (bicyclic) bond motifs is 1. The number of rotatable bonds is 6. The number of aryl methyl sites for hydroxylation is 1. The van der Waals surface area contributed by atoms with Gasteiger partial charge in [-0.2, -0.15) is 0 Å². The van der Waals surface area contributed by atoms with Crippen molar-refractivity contribution < 1.29 is 19.1 Å². The molecule has 31 heavy (non-hydrogen) atoms. The number of benzene rings is 3. The van der Waals surface area contributed by atoms with Gasteiger partial charge in [-0.05, 0) is 49.4 Å². The van der Waals surface area contributed by atoms with Gasteiger partial charge in [-0.1, -0.05) is 35.9 Å². The van der Waals surface area contributed by atoms with Gasteiger partial charge in [0.25, 0.3) is 5.91 Å². The van der Waals surface area contributed by atoms with Gasteiger partial charge in [0.1, 0.15) is 0 Å². The number of amides is 3. The molecule has 0 saturated carbocycles. The number of hydrogen-bond acceptors (Lipinski definition) is 4. The molecule has 7 heteroatoms. The van der Waals surface area contributed by atoms with Crippen molar-refractivity contribution in [1.29, 1.82) is 0 Å². The zero-order valence-electron chi connectivity index (χ0n) is 17.1. The molecule has 3 aromatic carbocycles. The molecule has 0 spiro atoms. The van der Waals surface area contributed by atoms with Gasteiger partial charge in [0.15, 0.2) is 11.5 Å². The molecule has 0 fully saturated rings. The Morgan fingerprint density at radius 1 is 0.935 bits per heavy atom. The largest absolute Gasteiger partial charge is 0.454 e. The van der Waals surface area contributed by atoms with Crippen molar-refractivity contribution in [2.45, 2.75) is 6.92 Å². The van der Waals surface area contributed by atoms with Gasteiger partial charge in [-0.15, -0.1) is 0 Å². The molecule has 4 rings (SSSR count). The van der Waals surface area contributed by atoms with E-state index in [1.807, 2.05) is 61.5 Å². The smallest absolute Gasteiger partial charge is 0.326 e. The van der Waals surface area contributed by atoms with Gasteiger partial charge in [0.05, 0.1) is 0 Å². The molecule has 1 aliphatic heterocycles. The predicted octanol–water partition coefficient (Wildman–Crippen LogP) is 4.19. The third kappa shape index (κ3) is 4.95. The maximum atomic E-state index is 12.9. The maximum absolute atomic E-state index is 12.9. The van der Waals surface area contributed by atoms with Crippen molar-refractivity contribution in [2.75, 3.05) is 30.1 Å². The van der Waals surface area contributed by atoms with Crippen LogP contribution in [-0.4, -0.2) is 31.8 Å². The molecule has 1 heterocycles. The normalized spacial score (nSPS) is 11.6. The van der Waals surface area contributed by atoms with Crippen LogP contribution >= 0.6 is 0 Å². The van der Waals surface area contributed by atoms with E-state index in [0.29, 0.717) is 29.3 Å². The summed E-state index contributed by atoms with van der Waals surface area (Å²) in [6.07, 6.45) is 0. The predicted molar refractivity (Wildman–Crippen MR) is 119 cm³/mol. The highest BCUT2D eigenvalue weighted by Gasteiger charge is 2.18. The van der Waals surface area contributed by atoms with Crippen LogP contribution in [0.5, 0.6) is 11.5 Å². The third-order valence-corrected chi connectivity index (χ3v) is 4.87. The Hall–Kier alpha value is -4.00. The van der Waals surface area contributed by atoms with Gasteiger partial charge in [0, 0.05) is 30.0 Å². The van der Waals surface area contributed by atoms with E-state index in [1.54, 1.807) is 23.1 Å². The second-order valence-corrected chi connectivity index (χ2v) is 7.11. The molecule has 0 aromatic heterocycles. The lowest BCUT2D eigenvalue weighted by Gasteiger charge is -2.23. The molecule has 0 bridgehead atoms. The Balaban J connectivity index is 1.41. The Morgan fingerprint density at radius 2 is 1.68 bits per heavy atom. The highest BCUT2D eigenvalue weighted by atomic mass is 16.7. The molecule has 0 aliphatic carbocycles. The molecule has 0 radical (unpaired) electrons. The van der Waals surface area contributed by atoms with Crippen LogP contribution in [0.1, 0.15) is 15.9 Å². The van der Waals surface area contributed by atoms with Gasteiger partial charge in [-0.3, -0.25) is 9.69 Å². The Morgan fingerprint density at radius 3 is 2.45 bits per heavy atom. The van der Waals surface area contributed by atoms with Gasteiger partial charge in [-0.25, -0.2) is 4.79 Å². The summed E-state index contributed by atoms with van der Waals surface area (Å²) in [7, 11) is 0. The van der Waals surface area contributed by atoms with Gasteiger partial charge in [0.2, 0.25) is 6.79 Å². The minimum absolute atomic E-state index is 0.155. The van der Waals surface area contributed by atoms with Crippen molar-refractivity contribution >= 4 is 23.3 Å². The average molecular weight is 417 g/mol. The monoisotopic (exact) mass is 417 g/mol. The van der Waals surface area contributed by atoms with Crippen LogP contribution in [0, 0.1) is 6.92 Å². The number of nitrogens with zero attached hydrogens (tertiary/aromatic N) is 1. The number of anilines is 2. The first-order valence-corrected chi connectivity index (χ1v) is 9.98. The number of carbonyl (C=O) groups excluding carboxylic acids is 2. The summed E-state index contributed by atoms with van der Waals surface area (Å²) in [6, 6.07) is 21.7. The summed E-state index contributed by atoms with van der Waals surface area (Å²) in [5, 5.41) is 5.77. The zero-order valence-corrected chi connectivity index (χ0v) is 17.1. The van der Waals surface area contributed by atoms with E-state index in [9.17, 15) is 9.59 Å². The fourth-order valence-electron chi connectivity index (χ4n) is 3.20. The highest BCUT2D eigenvalue weighted by molar-refractivity contribution is 6.02. The number of ether oxygens (including phenoxy) is 2. The number of nitrogens with one attached hydrogen (secondary N) is 2. The molecule has 1 aliphatic rings. The summed E-state index contributed by atoms with van der Waals surface area (Å²) in [5.74, 6) is 0.931. The van der Waals surface area contributed by atoms with Crippen molar-refractivity contribution in [2.24, 2.45) is 0 Å². The Kier molecular flexibility index (Phi) is 6.03. The van der Waals surface area contributed by atoms with Crippen LogP contribution in [0.15, 0.2) is 72.8 Å². The van der Waals surface area contributed by atoms with Crippen LogP contribution in [0.25, 0.3) is 0 Å². The summed E-state index contributed by atoms with van der Waals surface area (Å²) in [5.41, 5.74) is 3.04. The summed E-state index contributed by atoms with van der Waals surface area (Å²) in [4.78, 5) is 27.1. The SMILES string of the molecule is Cc1ccc(NC(=O)N(CCNC(=O)c2ccc3c(c2)OCO3)c2ccccc2)cc1.